The minimum absolute atomic E-state index is 0.0415. The number of anilines is 1. The summed E-state index contributed by atoms with van der Waals surface area (Å²) in [5.41, 5.74) is 1.96. The van der Waals surface area contributed by atoms with Crippen molar-refractivity contribution in [2.75, 3.05) is 24.5 Å². The fourth-order valence-corrected chi connectivity index (χ4v) is 6.07. The van der Waals surface area contributed by atoms with Crippen LogP contribution < -0.4 is 14.4 Å². The van der Waals surface area contributed by atoms with E-state index in [0.29, 0.717) is 12.3 Å². The molecule has 42 heavy (non-hydrogen) atoms. The van der Waals surface area contributed by atoms with Gasteiger partial charge >= 0.3 is 0 Å². The minimum Gasteiger partial charge on any atom is -0.497 e. The Hall–Kier alpha value is -4.63. The molecule has 1 N–H and O–H groups in total. The Kier molecular flexibility index (Phi) is 10.3. The number of hydrogen-bond acceptors (Lipinski definition) is 5. The van der Waals surface area contributed by atoms with E-state index in [1.165, 1.54) is 24.1 Å². The van der Waals surface area contributed by atoms with Crippen LogP contribution >= 0.6 is 0 Å². The van der Waals surface area contributed by atoms with Crippen molar-refractivity contribution in [1.29, 1.82) is 0 Å². The number of nitrogens with zero attached hydrogens (tertiary/aromatic N) is 2. The topological polar surface area (TPSA) is 96.0 Å². The third-order valence-electron chi connectivity index (χ3n) is 6.77. The zero-order valence-electron chi connectivity index (χ0n) is 23.7. The fraction of sp³-hybridized carbons (Fsp3) is 0.212. The third kappa shape index (κ3) is 7.55. The molecule has 4 aromatic carbocycles. The molecular formula is C33H35N3O5S. The Morgan fingerprint density at radius 3 is 2.00 bits per heavy atom. The van der Waals surface area contributed by atoms with Crippen LogP contribution in [0.25, 0.3) is 0 Å². The van der Waals surface area contributed by atoms with Gasteiger partial charge in [0.1, 0.15) is 18.3 Å². The van der Waals surface area contributed by atoms with E-state index in [2.05, 4.69) is 5.32 Å². The predicted octanol–water partition coefficient (Wildman–Crippen LogP) is 4.67. The highest BCUT2D eigenvalue weighted by molar-refractivity contribution is 7.92. The molecule has 0 fully saturated rings. The smallest absolute Gasteiger partial charge is 0.264 e. The van der Waals surface area contributed by atoms with Gasteiger partial charge in [0.05, 0.1) is 17.7 Å². The summed E-state index contributed by atoms with van der Waals surface area (Å²) in [4.78, 5) is 29.3. The van der Waals surface area contributed by atoms with E-state index in [0.717, 1.165) is 15.4 Å². The molecule has 4 aromatic rings. The van der Waals surface area contributed by atoms with Crippen molar-refractivity contribution in [3.63, 3.8) is 0 Å². The first-order chi connectivity index (χ1) is 20.3. The molecule has 1 atom stereocenters. The average Bonchev–Trinajstić information content (AvgIpc) is 3.03. The number of likely N-dealkylation sites (N-methyl/N-ethyl adjacent to an activating group) is 1. The molecule has 0 saturated carbocycles. The highest BCUT2D eigenvalue weighted by Gasteiger charge is 2.34. The van der Waals surface area contributed by atoms with Gasteiger partial charge in [-0.05, 0) is 42.3 Å². The predicted molar refractivity (Wildman–Crippen MR) is 164 cm³/mol. The largest absolute Gasteiger partial charge is 0.497 e. The Balaban J connectivity index is 1.79. The van der Waals surface area contributed by atoms with E-state index in [4.69, 9.17) is 4.74 Å². The Bertz CT molecular complexity index is 1570. The van der Waals surface area contributed by atoms with Gasteiger partial charge in [0.15, 0.2) is 0 Å². The maximum atomic E-state index is 14.3. The van der Waals surface area contributed by atoms with Gasteiger partial charge in [0.25, 0.3) is 10.0 Å². The molecule has 0 aliphatic carbocycles. The van der Waals surface area contributed by atoms with Crippen molar-refractivity contribution in [2.24, 2.45) is 0 Å². The van der Waals surface area contributed by atoms with Gasteiger partial charge in [-0.3, -0.25) is 13.9 Å². The van der Waals surface area contributed by atoms with Gasteiger partial charge in [0.2, 0.25) is 11.8 Å². The molecule has 0 aliphatic rings. The van der Waals surface area contributed by atoms with Gasteiger partial charge < -0.3 is 15.0 Å². The lowest BCUT2D eigenvalue weighted by Gasteiger charge is -2.33. The second-order valence-corrected chi connectivity index (χ2v) is 11.5. The Morgan fingerprint density at radius 2 is 1.40 bits per heavy atom. The molecule has 0 aromatic heterocycles. The van der Waals surface area contributed by atoms with Crippen molar-refractivity contribution in [2.45, 2.75) is 30.8 Å². The summed E-state index contributed by atoms with van der Waals surface area (Å²) in [5.74, 6) is -0.392. The number of carbonyl (C=O) groups excluding carboxylic acids is 2. The standard InChI is InChI=1S/C33H35N3O5S/c1-3-34-33(38)31(22-26-14-7-4-8-15-26)35(24-27-16-9-5-10-17-27)32(37)25-36(28-18-13-19-29(23-28)41-2)42(39,40)30-20-11-6-12-21-30/h4-21,23,31H,3,22,24-25H2,1-2H3,(H,34,38)/t31-/m0/s1. The Morgan fingerprint density at radius 1 is 0.810 bits per heavy atom. The van der Waals surface area contributed by atoms with Crippen LogP contribution in [-0.4, -0.2) is 51.4 Å². The molecule has 0 saturated heterocycles. The van der Waals surface area contributed by atoms with E-state index in [-0.39, 0.29) is 29.5 Å². The van der Waals surface area contributed by atoms with Gasteiger partial charge in [-0.15, -0.1) is 0 Å². The summed E-state index contributed by atoms with van der Waals surface area (Å²) in [6, 6.07) is 32.4. The number of hydrogen-bond donors (Lipinski definition) is 1. The van der Waals surface area contributed by atoms with E-state index in [1.807, 2.05) is 67.6 Å². The summed E-state index contributed by atoms with van der Waals surface area (Å²) in [7, 11) is -2.68. The molecule has 0 bridgehead atoms. The van der Waals surface area contributed by atoms with Gasteiger partial charge in [-0.1, -0.05) is 84.9 Å². The molecule has 218 valence electrons. The van der Waals surface area contributed by atoms with Crippen LogP contribution in [0.2, 0.25) is 0 Å². The maximum absolute atomic E-state index is 14.3. The van der Waals surface area contributed by atoms with Crippen LogP contribution in [0.3, 0.4) is 0 Å². The van der Waals surface area contributed by atoms with Crippen molar-refractivity contribution in [3.05, 3.63) is 126 Å². The van der Waals surface area contributed by atoms with Crippen molar-refractivity contribution in [1.82, 2.24) is 10.2 Å². The quantitative estimate of drug-likeness (QED) is 0.246. The normalized spacial score (nSPS) is 11.8. The fourth-order valence-electron chi connectivity index (χ4n) is 4.64. The van der Waals surface area contributed by atoms with E-state index < -0.39 is 28.5 Å². The van der Waals surface area contributed by atoms with Crippen LogP contribution in [0.4, 0.5) is 5.69 Å². The number of ether oxygens (including phenoxy) is 1. The van der Waals surface area contributed by atoms with Crippen LogP contribution in [-0.2, 0) is 32.6 Å². The third-order valence-corrected chi connectivity index (χ3v) is 8.56. The molecule has 0 spiro atoms. The molecule has 0 heterocycles. The molecular weight excluding hydrogens is 550 g/mol. The maximum Gasteiger partial charge on any atom is 0.264 e. The Labute approximate surface area is 247 Å². The van der Waals surface area contributed by atoms with Crippen molar-refractivity contribution >= 4 is 27.5 Å². The summed E-state index contributed by atoms with van der Waals surface area (Å²) >= 11 is 0. The summed E-state index contributed by atoms with van der Waals surface area (Å²) in [6.07, 6.45) is 0.260. The monoisotopic (exact) mass is 585 g/mol. The molecule has 4 rings (SSSR count). The number of carbonyl (C=O) groups is 2. The van der Waals surface area contributed by atoms with Gasteiger partial charge in [-0.25, -0.2) is 8.42 Å². The van der Waals surface area contributed by atoms with Gasteiger partial charge in [-0.2, -0.15) is 0 Å². The first-order valence-corrected chi connectivity index (χ1v) is 15.1. The number of sulfonamides is 1. The highest BCUT2D eigenvalue weighted by Crippen LogP contribution is 2.28. The summed E-state index contributed by atoms with van der Waals surface area (Å²) in [5, 5.41) is 2.86. The molecule has 0 aliphatic heterocycles. The highest BCUT2D eigenvalue weighted by atomic mass is 32.2. The second-order valence-electron chi connectivity index (χ2n) is 9.63. The van der Waals surface area contributed by atoms with Crippen molar-refractivity contribution < 1.29 is 22.7 Å². The van der Waals surface area contributed by atoms with Crippen LogP contribution in [0.1, 0.15) is 18.1 Å². The zero-order valence-corrected chi connectivity index (χ0v) is 24.5. The zero-order chi connectivity index (χ0) is 30.0. The minimum atomic E-state index is -4.17. The lowest BCUT2D eigenvalue weighted by Crippen LogP contribution is -2.53. The first kappa shape index (κ1) is 30.3. The number of methoxy groups -OCH3 is 1. The van der Waals surface area contributed by atoms with Crippen LogP contribution in [0.5, 0.6) is 5.75 Å². The average molecular weight is 586 g/mol. The molecule has 0 radical (unpaired) electrons. The lowest BCUT2D eigenvalue weighted by atomic mass is 10.0. The van der Waals surface area contributed by atoms with E-state index in [9.17, 15) is 18.0 Å². The van der Waals surface area contributed by atoms with Crippen LogP contribution in [0.15, 0.2) is 120 Å². The molecule has 9 heteroatoms. The van der Waals surface area contributed by atoms with Crippen LogP contribution in [0, 0.1) is 0 Å². The van der Waals surface area contributed by atoms with E-state index >= 15 is 0 Å². The number of nitrogens with one attached hydrogen (secondary N) is 1. The number of rotatable bonds is 13. The first-order valence-electron chi connectivity index (χ1n) is 13.7. The SMILES string of the molecule is CCNC(=O)[C@H](Cc1ccccc1)N(Cc1ccccc1)C(=O)CN(c1cccc(OC)c1)S(=O)(=O)c1ccccc1. The van der Waals surface area contributed by atoms with Gasteiger partial charge in [0, 0.05) is 25.6 Å². The van der Waals surface area contributed by atoms with E-state index in [1.54, 1.807) is 42.5 Å². The molecule has 2 amide bonds. The molecule has 8 nitrogen and oxygen atoms in total. The molecule has 0 unspecified atom stereocenters. The number of amides is 2. The summed E-state index contributed by atoms with van der Waals surface area (Å²) in [6.45, 7) is 1.79. The number of benzene rings is 4. The lowest BCUT2D eigenvalue weighted by molar-refractivity contribution is -0.140. The van der Waals surface area contributed by atoms with Crippen molar-refractivity contribution in [3.8, 4) is 5.75 Å². The second kappa shape index (κ2) is 14.3. The summed E-state index contributed by atoms with van der Waals surface area (Å²) < 4.78 is 34.4.